The van der Waals surface area contributed by atoms with E-state index in [-0.39, 0.29) is 12.2 Å². The smallest absolute Gasteiger partial charge is 0.106 e. The Morgan fingerprint density at radius 3 is 2.09 bits per heavy atom. The lowest BCUT2D eigenvalue weighted by Crippen LogP contribution is -2.30. The minimum Gasteiger partial charge on any atom is -0.373 e. The van der Waals surface area contributed by atoms with Crippen LogP contribution in [0.25, 0.3) is 11.1 Å². The van der Waals surface area contributed by atoms with Crippen LogP contribution in [0, 0.1) is 11.3 Å². The van der Waals surface area contributed by atoms with Crippen molar-refractivity contribution in [3.8, 4) is 17.2 Å². The summed E-state index contributed by atoms with van der Waals surface area (Å²) in [6.07, 6.45) is 1.25. The molecule has 1 aliphatic rings. The Morgan fingerprint density at radius 2 is 1.59 bits per heavy atom. The van der Waals surface area contributed by atoms with E-state index in [2.05, 4.69) is 37.3 Å². The minimum absolute atomic E-state index is 0.0258. The van der Waals surface area contributed by atoms with Crippen LogP contribution in [0.15, 0.2) is 48.5 Å². The standard InChI is InChI=1S/C19H19NO2/c1-2-18-12-22-19(13-21-18)17-9-7-16(8-10-17)15-5-3-14(11-20)4-6-15/h3-10,18-19H,2,12-13H2,1H3/t18-,19-/m0/s1. The fraction of sp³-hybridized carbons (Fsp3) is 0.316. The summed E-state index contributed by atoms with van der Waals surface area (Å²) in [6.45, 7) is 3.40. The van der Waals surface area contributed by atoms with E-state index < -0.39 is 0 Å². The number of hydrogen-bond donors (Lipinski definition) is 0. The molecule has 0 aliphatic carbocycles. The number of ether oxygens (including phenoxy) is 2. The highest BCUT2D eigenvalue weighted by Gasteiger charge is 2.22. The van der Waals surface area contributed by atoms with Crippen LogP contribution >= 0.6 is 0 Å². The lowest BCUT2D eigenvalue weighted by molar-refractivity contribution is -0.135. The molecule has 1 saturated heterocycles. The molecule has 0 saturated carbocycles. The normalized spacial score (nSPS) is 21.3. The Labute approximate surface area is 131 Å². The third kappa shape index (κ3) is 3.19. The molecule has 0 unspecified atom stereocenters. The third-order valence-electron chi connectivity index (χ3n) is 4.05. The van der Waals surface area contributed by atoms with Gasteiger partial charge in [0, 0.05) is 0 Å². The first-order valence-electron chi connectivity index (χ1n) is 7.64. The van der Waals surface area contributed by atoms with E-state index in [4.69, 9.17) is 14.7 Å². The molecule has 0 radical (unpaired) electrons. The second-order valence-corrected chi connectivity index (χ2v) is 5.50. The zero-order chi connectivity index (χ0) is 15.4. The van der Waals surface area contributed by atoms with Crippen LogP contribution in [-0.2, 0) is 9.47 Å². The van der Waals surface area contributed by atoms with Crippen molar-refractivity contribution >= 4 is 0 Å². The Hall–Kier alpha value is -2.15. The van der Waals surface area contributed by atoms with Crippen molar-refractivity contribution in [1.29, 1.82) is 5.26 Å². The fourth-order valence-corrected chi connectivity index (χ4v) is 2.60. The van der Waals surface area contributed by atoms with Gasteiger partial charge in [-0.25, -0.2) is 0 Å². The third-order valence-corrected chi connectivity index (χ3v) is 4.05. The largest absolute Gasteiger partial charge is 0.373 e. The van der Waals surface area contributed by atoms with Gasteiger partial charge in [-0.2, -0.15) is 5.26 Å². The second-order valence-electron chi connectivity index (χ2n) is 5.50. The molecule has 0 N–H and O–H groups in total. The zero-order valence-corrected chi connectivity index (χ0v) is 12.7. The molecule has 2 atom stereocenters. The summed E-state index contributed by atoms with van der Waals surface area (Å²) in [7, 11) is 0. The predicted octanol–water partition coefficient (Wildman–Crippen LogP) is 4.09. The van der Waals surface area contributed by atoms with Crippen LogP contribution in [-0.4, -0.2) is 19.3 Å². The molecular weight excluding hydrogens is 274 g/mol. The monoisotopic (exact) mass is 293 g/mol. The van der Waals surface area contributed by atoms with Crippen molar-refractivity contribution in [1.82, 2.24) is 0 Å². The molecule has 0 amide bonds. The highest BCUT2D eigenvalue weighted by atomic mass is 16.6. The maximum Gasteiger partial charge on any atom is 0.106 e. The van der Waals surface area contributed by atoms with Gasteiger partial charge < -0.3 is 9.47 Å². The lowest BCUT2D eigenvalue weighted by Gasteiger charge is -2.29. The first-order valence-corrected chi connectivity index (χ1v) is 7.64. The van der Waals surface area contributed by atoms with E-state index in [0.29, 0.717) is 18.8 Å². The van der Waals surface area contributed by atoms with Crippen molar-refractivity contribution < 1.29 is 9.47 Å². The van der Waals surface area contributed by atoms with Crippen molar-refractivity contribution in [3.63, 3.8) is 0 Å². The van der Waals surface area contributed by atoms with Crippen LogP contribution < -0.4 is 0 Å². The molecule has 3 heteroatoms. The van der Waals surface area contributed by atoms with Gasteiger partial charge in [0.15, 0.2) is 0 Å². The summed E-state index contributed by atoms with van der Waals surface area (Å²) < 4.78 is 11.7. The molecule has 3 nitrogen and oxygen atoms in total. The Bertz CT molecular complexity index is 647. The Kier molecular flexibility index (Phi) is 4.53. The number of hydrogen-bond acceptors (Lipinski definition) is 3. The van der Waals surface area contributed by atoms with Crippen LogP contribution in [0.5, 0.6) is 0 Å². The van der Waals surface area contributed by atoms with Gasteiger partial charge in [-0.3, -0.25) is 0 Å². The molecule has 22 heavy (non-hydrogen) atoms. The minimum atomic E-state index is 0.0258. The maximum atomic E-state index is 8.84. The summed E-state index contributed by atoms with van der Waals surface area (Å²) in [5, 5.41) is 8.84. The van der Waals surface area contributed by atoms with Crippen molar-refractivity contribution in [2.45, 2.75) is 25.6 Å². The van der Waals surface area contributed by atoms with Crippen molar-refractivity contribution in [2.75, 3.05) is 13.2 Å². The highest BCUT2D eigenvalue weighted by molar-refractivity contribution is 5.64. The van der Waals surface area contributed by atoms with Crippen LogP contribution in [0.1, 0.15) is 30.6 Å². The summed E-state index contributed by atoms with van der Waals surface area (Å²) >= 11 is 0. The number of nitrogens with zero attached hydrogens (tertiary/aromatic N) is 1. The van der Waals surface area contributed by atoms with Gasteiger partial charge in [0.2, 0.25) is 0 Å². The first-order chi connectivity index (χ1) is 10.8. The van der Waals surface area contributed by atoms with Crippen LogP contribution in [0.3, 0.4) is 0 Å². The molecule has 1 heterocycles. The van der Waals surface area contributed by atoms with E-state index in [1.165, 1.54) is 0 Å². The van der Waals surface area contributed by atoms with Crippen LogP contribution in [0.4, 0.5) is 0 Å². The topological polar surface area (TPSA) is 42.2 Å². The van der Waals surface area contributed by atoms with E-state index in [0.717, 1.165) is 23.1 Å². The van der Waals surface area contributed by atoms with Gasteiger partial charge in [-0.1, -0.05) is 43.3 Å². The molecule has 0 bridgehead atoms. The first kappa shape index (κ1) is 14.8. The number of nitriles is 1. The summed E-state index contributed by atoms with van der Waals surface area (Å²) in [5.74, 6) is 0. The van der Waals surface area contributed by atoms with Gasteiger partial charge >= 0.3 is 0 Å². The Morgan fingerprint density at radius 1 is 0.955 bits per heavy atom. The fourth-order valence-electron chi connectivity index (χ4n) is 2.60. The molecule has 1 aliphatic heterocycles. The zero-order valence-electron chi connectivity index (χ0n) is 12.7. The number of benzene rings is 2. The van der Waals surface area contributed by atoms with Gasteiger partial charge in [-0.05, 0) is 35.2 Å². The molecular formula is C19H19NO2. The summed E-state index contributed by atoms with van der Waals surface area (Å²) in [5.41, 5.74) is 4.07. The van der Waals surface area contributed by atoms with E-state index in [9.17, 15) is 0 Å². The molecule has 2 aromatic rings. The second kappa shape index (κ2) is 6.74. The molecule has 3 rings (SSSR count). The summed E-state index contributed by atoms with van der Waals surface area (Å²) in [4.78, 5) is 0. The molecule has 0 spiro atoms. The lowest BCUT2D eigenvalue weighted by atomic mass is 10.0. The average Bonchev–Trinajstić information content (AvgIpc) is 2.62. The quantitative estimate of drug-likeness (QED) is 0.856. The van der Waals surface area contributed by atoms with Crippen LogP contribution in [0.2, 0.25) is 0 Å². The average molecular weight is 293 g/mol. The number of rotatable bonds is 3. The molecule has 0 aromatic heterocycles. The van der Waals surface area contributed by atoms with E-state index in [1.807, 2.05) is 24.3 Å². The van der Waals surface area contributed by atoms with Gasteiger partial charge in [0.1, 0.15) is 6.10 Å². The molecule has 2 aromatic carbocycles. The maximum absolute atomic E-state index is 8.84. The highest BCUT2D eigenvalue weighted by Crippen LogP contribution is 2.27. The molecule has 1 fully saturated rings. The Balaban J connectivity index is 1.71. The molecule has 112 valence electrons. The SMILES string of the molecule is CC[C@H]1CO[C@H](c2ccc(-c3ccc(C#N)cc3)cc2)CO1. The van der Waals surface area contributed by atoms with Gasteiger partial charge in [0.05, 0.1) is 31.0 Å². The van der Waals surface area contributed by atoms with Gasteiger partial charge in [0.25, 0.3) is 0 Å². The summed E-state index contributed by atoms with van der Waals surface area (Å²) in [6, 6.07) is 18.1. The van der Waals surface area contributed by atoms with E-state index >= 15 is 0 Å². The predicted molar refractivity (Wildman–Crippen MR) is 85.3 cm³/mol. The van der Waals surface area contributed by atoms with Crippen molar-refractivity contribution in [2.24, 2.45) is 0 Å². The van der Waals surface area contributed by atoms with Gasteiger partial charge in [-0.15, -0.1) is 0 Å². The van der Waals surface area contributed by atoms with Crippen molar-refractivity contribution in [3.05, 3.63) is 59.7 Å². The van der Waals surface area contributed by atoms with E-state index in [1.54, 1.807) is 0 Å².